The van der Waals surface area contributed by atoms with Crippen LogP contribution in [0.15, 0.2) is 12.2 Å². The molecule has 22 heavy (non-hydrogen) atoms. The van der Waals surface area contributed by atoms with E-state index in [1.54, 1.807) is 0 Å². The summed E-state index contributed by atoms with van der Waals surface area (Å²) in [4.78, 5) is 21.4. The molecule has 0 aliphatic rings. The van der Waals surface area contributed by atoms with Gasteiger partial charge in [-0.25, -0.2) is 0 Å². The second-order valence-corrected chi connectivity index (χ2v) is 5.89. The number of rotatable bonds is 15. The summed E-state index contributed by atoms with van der Waals surface area (Å²) in [6.45, 7) is 2.22. The Labute approximate surface area is 134 Å². The predicted octanol–water partition coefficient (Wildman–Crippen LogP) is 5.03. The van der Waals surface area contributed by atoms with E-state index < -0.39 is 17.9 Å². The minimum absolute atomic E-state index is 0.238. The van der Waals surface area contributed by atoms with Crippen molar-refractivity contribution < 1.29 is 19.8 Å². The highest BCUT2D eigenvalue weighted by atomic mass is 16.4. The van der Waals surface area contributed by atoms with Gasteiger partial charge in [-0.2, -0.15) is 0 Å². The Balaban J connectivity index is 3.38. The summed E-state index contributed by atoms with van der Waals surface area (Å²) in [5.41, 5.74) is 0. The molecule has 128 valence electrons. The highest BCUT2D eigenvalue weighted by molar-refractivity contribution is 5.92. The Morgan fingerprint density at radius 3 is 1.73 bits per heavy atom. The van der Waals surface area contributed by atoms with Gasteiger partial charge in [0, 0.05) is 0 Å². The van der Waals surface area contributed by atoms with Gasteiger partial charge in [0.15, 0.2) is 5.92 Å². The lowest BCUT2D eigenvalue weighted by atomic mass is 10.0. The zero-order valence-electron chi connectivity index (χ0n) is 13.9. The smallest absolute Gasteiger partial charge is 0.317 e. The normalized spacial score (nSPS) is 11.4. The fraction of sp³-hybridized carbons (Fsp3) is 0.778. The summed E-state index contributed by atoms with van der Waals surface area (Å²) in [7, 11) is 0. The van der Waals surface area contributed by atoms with E-state index in [1.165, 1.54) is 32.1 Å². The van der Waals surface area contributed by atoms with Crippen molar-refractivity contribution in [3.63, 3.8) is 0 Å². The molecular weight excluding hydrogens is 280 g/mol. The van der Waals surface area contributed by atoms with E-state index in [1.807, 2.05) is 0 Å². The molecule has 0 spiro atoms. The molecule has 2 N–H and O–H groups in total. The number of hydrogen-bond donors (Lipinski definition) is 2. The molecule has 0 aliphatic carbocycles. The number of carboxylic acids is 2. The maximum Gasteiger partial charge on any atom is 0.317 e. The van der Waals surface area contributed by atoms with Gasteiger partial charge in [-0.05, 0) is 32.1 Å². The molecule has 0 atom stereocenters. The summed E-state index contributed by atoms with van der Waals surface area (Å²) in [6, 6.07) is 0. The summed E-state index contributed by atoms with van der Waals surface area (Å²) < 4.78 is 0. The molecule has 0 amide bonds. The third-order valence-electron chi connectivity index (χ3n) is 3.85. The molecule has 0 radical (unpaired) electrons. The molecule has 0 aromatic rings. The highest BCUT2D eigenvalue weighted by Crippen LogP contribution is 2.13. The fourth-order valence-corrected chi connectivity index (χ4v) is 2.42. The molecule has 0 saturated carbocycles. The van der Waals surface area contributed by atoms with Crippen LogP contribution in [0.2, 0.25) is 0 Å². The Morgan fingerprint density at radius 1 is 0.773 bits per heavy atom. The lowest BCUT2D eigenvalue weighted by Crippen LogP contribution is -2.23. The largest absolute Gasteiger partial charge is 0.481 e. The molecule has 0 fully saturated rings. The average molecular weight is 312 g/mol. The average Bonchev–Trinajstić information content (AvgIpc) is 2.46. The summed E-state index contributed by atoms with van der Waals surface area (Å²) in [5, 5.41) is 17.5. The van der Waals surface area contributed by atoms with Crippen molar-refractivity contribution in [3.05, 3.63) is 12.2 Å². The van der Waals surface area contributed by atoms with Crippen LogP contribution in [0.25, 0.3) is 0 Å². The van der Waals surface area contributed by atoms with Crippen LogP contribution in [0.4, 0.5) is 0 Å². The van der Waals surface area contributed by atoms with Crippen LogP contribution >= 0.6 is 0 Å². The van der Waals surface area contributed by atoms with Crippen LogP contribution in [0.5, 0.6) is 0 Å². The maximum atomic E-state index is 10.7. The molecule has 0 unspecified atom stereocenters. The van der Waals surface area contributed by atoms with Gasteiger partial charge in [-0.15, -0.1) is 0 Å². The maximum absolute atomic E-state index is 10.7. The van der Waals surface area contributed by atoms with Crippen LogP contribution in [-0.2, 0) is 9.59 Å². The topological polar surface area (TPSA) is 74.6 Å². The van der Waals surface area contributed by atoms with E-state index in [9.17, 15) is 9.59 Å². The van der Waals surface area contributed by atoms with Crippen LogP contribution in [0.1, 0.15) is 84.0 Å². The first-order valence-corrected chi connectivity index (χ1v) is 8.70. The van der Waals surface area contributed by atoms with Crippen LogP contribution < -0.4 is 0 Å². The highest BCUT2D eigenvalue weighted by Gasteiger charge is 2.24. The van der Waals surface area contributed by atoms with Crippen molar-refractivity contribution in [1.29, 1.82) is 0 Å². The van der Waals surface area contributed by atoms with E-state index in [2.05, 4.69) is 19.1 Å². The van der Waals surface area contributed by atoms with E-state index in [4.69, 9.17) is 10.2 Å². The van der Waals surface area contributed by atoms with Gasteiger partial charge in [0.2, 0.25) is 0 Å². The molecule has 0 aliphatic heterocycles. The van der Waals surface area contributed by atoms with Crippen molar-refractivity contribution in [2.24, 2.45) is 5.92 Å². The van der Waals surface area contributed by atoms with Crippen LogP contribution in [-0.4, -0.2) is 22.2 Å². The molecular formula is C18H32O4. The third kappa shape index (κ3) is 12.4. The zero-order chi connectivity index (χ0) is 16.6. The second-order valence-electron chi connectivity index (χ2n) is 5.89. The molecule has 4 heteroatoms. The van der Waals surface area contributed by atoms with Gasteiger partial charge in [0.1, 0.15) is 0 Å². The van der Waals surface area contributed by atoms with E-state index in [0.717, 1.165) is 32.1 Å². The Bertz CT molecular complexity index is 309. The minimum atomic E-state index is -1.24. The van der Waals surface area contributed by atoms with Gasteiger partial charge < -0.3 is 10.2 Å². The molecule has 0 aromatic heterocycles. The van der Waals surface area contributed by atoms with Gasteiger partial charge in [0.05, 0.1) is 0 Å². The van der Waals surface area contributed by atoms with Gasteiger partial charge >= 0.3 is 11.9 Å². The van der Waals surface area contributed by atoms with Crippen molar-refractivity contribution in [1.82, 2.24) is 0 Å². The van der Waals surface area contributed by atoms with Crippen LogP contribution in [0, 0.1) is 5.92 Å². The number of allylic oxidation sites excluding steroid dienone is 2. The van der Waals surface area contributed by atoms with Crippen molar-refractivity contribution in [2.45, 2.75) is 84.0 Å². The van der Waals surface area contributed by atoms with Crippen LogP contribution in [0.3, 0.4) is 0 Å². The second kappa shape index (κ2) is 14.6. The van der Waals surface area contributed by atoms with Crippen molar-refractivity contribution in [3.8, 4) is 0 Å². The summed E-state index contributed by atoms with van der Waals surface area (Å²) >= 11 is 0. The Hall–Kier alpha value is -1.32. The number of hydrogen-bond acceptors (Lipinski definition) is 2. The zero-order valence-corrected chi connectivity index (χ0v) is 13.9. The monoisotopic (exact) mass is 312 g/mol. The first-order valence-electron chi connectivity index (χ1n) is 8.70. The summed E-state index contributed by atoms with van der Waals surface area (Å²) in [6.07, 6.45) is 17.2. The first kappa shape index (κ1) is 20.7. The molecule has 0 saturated heterocycles. The first-order chi connectivity index (χ1) is 10.6. The van der Waals surface area contributed by atoms with E-state index in [0.29, 0.717) is 6.42 Å². The number of carboxylic acid groups (broad SMARTS) is 2. The number of aliphatic carboxylic acids is 2. The van der Waals surface area contributed by atoms with Gasteiger partial charge in [-0.1, -0.05) is 64.0 Å². The third-order valence-corrected chi connectivity index (χ3v) is 3.85. The fourth-order valence-electron chi connectivity index (χ4n) is 2.42. The Kier molecular flexibility index (Phi) is 13.7. The molecule has 0 rings (SSSR count). The van der Waals surface area contributed by atoms with E-state index >= 15 is 0 Å². The number of carbonyl (C=O) groups is 2. The lowest BCUT2D eigenvalue weighted by Gasteiger charge is -2.06. The molecule has 0 bridgehead atoms. The lowest BCUT2D eigenvalue weighted by molar-refractivity contribution is -0.154. The standard InChI is InChI=1S/C18H32O4/c1-2-3-4-5-6-7-8-9-10-11-12-13-14-15-16(17(19)20)18(21)22/h7-8,16H,2-6,9-15H2,1H3,(H,19,20)(H,21,22)/b8-7+. The van der Waals surface area contributed by atoms with Crippen molar-refractivity contribution in [2.75, 3.05) is 0 Å². The molecule has 4 nitrogen and oxygen atoms in total. The SMILES string of the molecule is CCCCCC/C=C/CCCCCCCC(C(=O)O)C(=O)O. The minimum Gasteiger partial charge on any atom is -0.481 e. The molecule has 0 heterocycles. The van der Waals surface area contributed by atoms with Crippen molar-refractivity contribution >= 4 is 11.9 Å². The molecule has 0 aromatic carbocycles. The van der Waals surface area contributed by atoms with Gasteiger partial charge in [-0.3, -0.25) is 9.59 Å². The van der Waals surface area contributed by atoms with E-state index in [-0.39, 0.29) is 6.42 Å². The van der Waals surface area contributed by atoms with Gasteiger partial charge in [0.25, 0.3) is 0 Å². The summed E-state index contributed by atoms with van der Waals surface area (Å²) in [5.74, 6) is -3.69. The quantitative estimate of drug-likeness (QED) is 0.253. The number of unbranched alkanes of at least 4 members (excludes halogenated alkanes) is 9. The predicted molar refractivity (Wildman–Crippen MR) is 89.0 cm³/mol. The Morgan fingerprint density at radius 2 is 1.23 bits per heavy atom.